The van der Waals surface area contributed by atoms with Crippen molar-refractivity contribution in [3.8, 4) is 0 Å². The molecule has 0 atom stereocenters. The Labute approximate surface area is 158 Å². The number of hydrogen-bond donors (Lipinski definition) is 2. The Bertz CT molecular complexity index is 950. The first-order valence-electron chi connectivity index (χ1n) is 8.95. The third-order valence-electron chi connectivity index (χ3n) is 4.59. The molecule has 1 aromatic carbocycles. The van der Waals surface area contributed by atoms with E-state index in [0.29, 0.717) is 31.0 Å². The van der Waals surface area contributed by atoms with E-state index >= 15 is 0 Å². The molecule has 2 heterocycles. The fraction of sp³-hybridized carbons (Fsp3) is 0.350. The van der Waals surface area contributed by atoms with E-state index in [1.807, 2.05) is 51.1 Å². The second kappa shape index (κ2) is 8.18. The highest BCUT2D eigenvalue weighted by Gasteiger charge is 2.15. The summed E-state index contributed by atoms with van der Waals surface area (Å²) in [4.78, 5) is 20.9. The summed E-state index contributed by atoms with van der Waals surface area (Å²) in [6.07, 6.45) is 0. The van der Waals surface area contributed by atoms with Crippen LogP contribution in [0.1, 0.15) is 22.6 Å². The van der Waals surface area contributed by atoms with Crippen LogP contribution in [-0.4, -0.2) is 33.6 Å². The minimum absolute atomic E-state index is 0.0353. The first-order valence-corrected chi connectivity index (χ1v) is 8.95. The average molecular weight is 367 g/mol. The number of pyridine rings is 1. The molecule has 3 N–H and O–H groups in total. The molecule has 3 aromatic rings. The Kier molecular flexibility index (Phi) is 5.71. The van der Waals surface area contributed by atoms with Gasteiger partial charge in [0.15, 0.2) is 5.82 Å². The molecule has 0 radical (unpaired) electrons. The van der Waals surface area contributed by atoms with Gasteiger partial charge in [-0.15, -0.1) is 0 Å². The number of nitrogens with one attached hydrogen (secondary N) is 1. The number of rotatable bonds is 7. The Morgan fingerprint density at radius 3 is 2.67 bits per heavy atom. The molecule has 1 amide bonds. The molecule has 0 aliphatic heterocycles. The summed E-state index contributed by atoms with van der Waals surface area (Å²) in [7, 11) is 0. The average Bonchev–Trinajstić information content (AvgIpc) is 2.98. The Hall–Kier alpha value is -2.93. The van der Waals surface area contributed by atoms with Crippen molar-refractivity contribution in [1.82, 2.24) is 19.9 Å². The lowest BCUT2D eigenvalue weighted by molar-refractivity contribution is -0.126. The molecule has 2 aromatic heterocycles. The van der Waals surface area contributed by atoms with Gasteiger partial charge in [0.05, 0.1) is 12.1 Å². The third kappa shape index (κ3) is 4.25. The SMILES string of the molecule is Cc1nc(N)c2nc(C)n(CCNC(=O)COCc3ccccc3)c2c1C. The van der Waals surface area contributed by atoms with Crippen LogP contribution >= 0.6 is 0 Å². The molecule has 7 heteroatoms. The fourth-order valence-corrected chi connectivity index (χ4v) is 3.08. The molecule has 0 saturated heterocycles. The van der Waals surface area contributed by atoms with Crippen molar-refractivity contribution in [2.24, 2.45) is 0 Å². The van der Waals surface area contributed by atoms with Crippen LogP contribution in [0.15, 0.2) is 30.3 Å². The second-order valence-electron chi connectivity index (χ2n) is 6.54. The molecule has 7 nitrogen and oxygen atoms in total. The van der Waals surface area contributed by atoms with Gasteiger partial charge < -0.3 is 20.4 Å². The van der Waals surface area contributed by atoms with Gasteiger partial charge in [-0.05, 0) is 31.9 Å². The Morgan fingerprint density at radius 2 is 1.93 bits per heavy atom. The van der Waals surface area contributed by atoms with Crippen molar-refractivity contribution in [3.05, 3.63) is 53.0 Å². The van der Waals surface area contributed by atoms with Gasteiger partial charge in [-0.2, -0.15) is 0 Å². The van der Waals surface area contributed by atoms with Gasteiger partial charge in [-0.1, -0.05) is 30.3 Å². The van der Waals surface area contributed by atoms with Crippen LogP contribution in [-0.2, 0) is 22.7 Å². The summed E-state index contributed by atoms with van der Waals surface area (Å²) in [6, 6.07) is 9.78. The van der Waals surface area contributed by atoms with Gasteiger partial charge in [0.2, 0.25) is 5.91 Å². The molecule has 0 aliphatic rings. The van der Waals surface area contributed by atoms with E-state index in [9.17, 15) is 4.79 Å². The molecular weight excluding hydrogens is 342 g/mol. The summed E-state index contributed by atoms with van der Waals surface area (Å²) in [5.74, 6) is 1.15. The summed E-state index contributed by atoms with van der Waals surface area (Å²) in [5.41, 5.74) is 10.7. The third-order valence-corrected chi connectivity index (χ3v) is 4.59. The second-order valence-corrected chi connectivity index (χ2v) is 6.54. The van der Waals surface area contributed by atoms with E-state index in [0.717, 1.165) is 28.2 Å². The largest absolute Gasteiger partial charge is 0.382 e. The van der Waals surface area contributed by atoms with Crippen molar-refractivity contribution < 1.29 is 9.53 Å². The smallest absolute Gasteiger partial charge is 0.246 e. The highest BCUT2D eigenvalue weighted by Crippen LogP contribution is 2.25. The lowest BCUT2D eigenvalue weighted by Gasteiger charge is -2.11. The number of amides is 1. The number of nitrogens with two attached hydrogens (primary N) is 1. The van der Waals surface area contributed by atoms with E-state index in [1.165, 1.54) is 0 Å². The quantitative estimate of drug-likeness (QED) is 0.668. The van der Waals surface area contributed by atoms with Crippen LogP contribution in [0.25, 0.3) is 11.0 Å². The highest BCUT2D eigenvalue weighted by atomic mass is 16.5. The molecule has 142 valence electrons. The lowest BCUT2D eigenvalue weighted by atomic mass is 10.2. The van der Waals surface area contributed by atoms with Crippen molar-refractivity contribution in [2.75, 3.05) is 18.9 Å². The Balaban J connectivity index is 1.56. The Morgan fingerprint density at radius 1 is 1.19 bits per heavy atom. The summed E-state index contributed by atoms with van der Waals surface area (Å²) < 4.78 is 7.53. The number of aromatic nitrogens is 3. The number of carbonyl (C=O) groups excluding carboxylic acids is 1. The zero-order valence-corrected chi connectivity index (χ0v) is 16.0. The van der Waals surface area contributed by atoms with Crippen molar-refractivity contribution in [2.45, 2.75) is 33.9 Å². The van der Waals surface area contributed by atoms with Gasteiger partial charge in [-0.25, -0.2) is 9.97 Å². The van der Waals surface area contributed by atoms with Gasteiger partial charge in [0, 0.05) is 18.8 Å². The van der Waals surface area contributed by atoms with Gasteiger partial charge in [-0.3, -0.25) is 4.79 Å². The number of carbonyl (C=O) groups is 1. The molecule has 0 spiro atoms. The molecule has 0 fully saturated rings. The van der Waals surface area contributed by atoms with Crippen LogP contribution in [0.2, 0.25) is 0 Å². The first-order chi connectivity index (χ1) is 13.0. The predicted octanol–water partition coefficient (Wildman–Crippen LogP) is 2.27. The first kappa shape index (κ1) is 18.8. The maximum absolute atomic E-state index is 12.0. The number of anilines is 1. The summed E-state index contributed by atoms with van der Waals surface area (Å²) in [5, 5.41) is 2.89. The standard InChI is InChI=1S/C20H25N5O2/c1-13-14(2)23-20(21)18-19(13)25(15(3)24-18)10-9-22-17(26)12-27-11-16-7-5-4-6-8-16/h4-8H,9-12H2,1-3H3,(H2,21,23)(H,22,26). The molecule has 27 heavy (non-hydrogen) atoms. The zero-order valence-electron chi connectivity index (χ0n) is 16.0. The number of imidazole rings is 1. The van der Waals surface area contributed by atoms with Crippen molar-refractivity contribution >= 4 is 22.8 Å². The lowest BCUT2D eigenvalue weighted by Crippen LogP contribution is -2.30. The number of nitrogen functional groups attached to an aromatic ring is 1. The number of benzene rings is 1. The zero-order chi connectivity index (χ0) is 19.4. The maximum atomic E-state index is 12.0. The van der Waals surface area contributed by atoms with Crippen LogP contribution < -0.4 is 11.1 Å². The van der Waals surface area contributed by atoms with Crippen LogP contribution in [0.4, 0.5) is 5.82 Å². The van der Waals surface area contributed by atoms with E-state index in [2.05, 4.69) is 19.9 Å². The molecule has 3 rings (SSSR count). The number of ether oxygens (including phenoxy) is 1. The number of aryl methyl sites for hydroxylation is 3. The molecule has 0 saturated carbocycles. The van der Waals surface area contributed by atoms with Crippen LogP contribution in [0.3, 0.4) is 0 Å². The van der Waals surface area contributed by atoms with E-state index in [-0.39, 0.29) is 12.5 Å². The minimum atomic E-state index is -0.137. The predicted molar refractivity (Wildman–Crippen MR) is 105 cm³/mol. The van der Waals surface area contributed by atoms with E-state index in [1.54, 1.807) is 0 Å². The molecule has 0 bridgehead atoms. The van der Waals surface area contributed by atoms with Gasteiger partial charge >= 0.3 is 0 Å². The maximum Gasteiger partial charge on any atom is 0.246 e. The van der Waals surface area contributed by atoms with Crippen molar-refractivity contribution in [3.63, 3.8) is 0 Å². The fourth-order valence-electron chi connectivity index (χ4n) is 3.08. The monoisotopic (exact) mass is 367 g/mol. The minimum Gasteiger partial charge on any atom is -0.382 e. The number of nitrogens with zero attached hydrogens (tertiary/aromatic N) is 3. The normalized spacial score (nSPS) is 11.1. The van der Waals surface area contributed by atoms with Crippen molar-refractivity contribution in [1.29, 1.82) is 0 Å². The van der Waals surface area contributed by atoms with Gasteiger partial charge in [0.25, 0.3) is 0 Å². The topological polar surface area (TPSA) is 95.1 Å². The van der Waals surface area contributed by atoms with E-state index < -0.39 is 0 Å². The number of hydrogen-bond acceptors (Lipinski definition) is 5. The summed E-state index contributed by atoms with van der Waals surface area (Å²) >= 11 is 0. The highest BCUT2D eigenvalue weighted by molar-refractivity contribution is 5.88. The molecular formula is C20H25N5O2. The molecule has 0 aliphatic carbocycles. The van der Waals surface area contributed by atoms with Gasteiger partial charge in [0.1, 0.15) is 17.9 Å². The van der Waals surface area contributed by atoms with Crippen LogP contribution in [0.5, 0.6) is 0 Å². The molecule has 0 unspecified atom stereocenters. The number of fused-ring (bicyclic) bond motifs is 1. The van der Waals surface area contributed by atoms with Crippen LogP contribution in [0, 0.1) is 20.8 Å². The van der Waals surface area contributed by atoms with E-state index in [4.69, 9.17) is 10.5 Å². The summed E-state index contributed by atoms with van der Waals surface area (Å²) in [6.45, 7) is 7.43.